The number of nitro groups is 1. The molecule has 7 heteroatoms. The van der Waals surface area contributed by atoms with Gasteiger partial charge in [-0.05, 0) is 31.9 Å². The molecule has 0 aliphatic carbocycles. The Bertz CT molecular complexity index is 733. The van der Waals surface area contributed by atoms with Crippen LogP contribution in [-0.2, 0) is 0 Å². The lowest BCUT2D eigenvalue weighted by Gasteiger charge is -2.18. The van der Waals surface area contributed by atoms with Gasteiger partial charge in [0.15, 0.2) is 0 Å². The topological polar surface area (TPSA) is 84.2 Å². The number of anilines is 3. The van der Waals surface area contributed by atoms with E-state index < -0.39 is 4.92 Å². The van der Waals surface area contributed by atoms with Crippen LogP contribution in [0.2, 0.25) is 0 Å². The normalized spacial score (nSPS) is 10.5. The number of aromatic nitrogens is 2. The summed E-state index contributed by atoms with van der Waals surface area (Å²) in [6.45, 7) is 6.74. The maximum atomic E-state index is 11.6. The zero-order valence-electron chi connectivity index (χ0n) is 14.5. The lowest BCUT2D eigenvalue weighted by atomic mass is 10.1. The molecular formula is C17H23N5O2. The average molecular weight is 329 g/mol. The van der Waals surface area contributed by atoms with Gasteiger partial charge < -0.3 is 10.2 Å². The van der Waals surface area contributed by atoms with Crippen LogP contribution in [0.15, 0.2) is 24.5 Å². The molecule has 0 atom stereocenters. The average Bonchev–Trinajstić information content (AvgIpc) is 2.54. The van der Waals surface area contributed by atoms with E-state index in [2.05, 4.69) is 22.2 Å². The maximum absolute atomic E-state index is 11.6. The highest BCUT2D eigenvalue weighted by molar-refractivity contribution is 5.75. The van der Waals surface area contributed by atoms with Crippen LogP contribution in [0.1, 0.15) is 30.9 Å². The Kier molecular flexibility index (Phi) is 5.68. The number of hydrogen-bond donors (Lipinski definition) is 1. The first-order valence-corrected chi connectivity index (χ1v) is 7.98. The van der Waals surface area contributed by atoms with Crippen LogP contribution in [0, 0.1) is 24.0 Å². The number of unbranched alkanes of at least 4 members (excludes halogenated alkanes) is 1. The second-order valence-corrected chi connectivity index (χ2v) is 5.87. The number of benzene rings is 1. The van der Waals surface area contributed by atoms with Gasteiger partial charge >= 0.3 is 5.69 Å². The molecule has 0 unspecified atom stereocenters. The monoisotopic (exact) mass is 329 g/mol. The quantitative estimate of drug-likeness (QED) is 0.611. The Labute approximate surface area is 141 Å². The molecule has 0 fully saturated rings. The summed E-state index contributed by atoms with van der Waals surface area (Å²) < 4.78 is 0. The smallest absolute Gasteiger partial charge is 0.353 e. The number of hydrogen-bond acceptors (Lipinski definition) is 6. The molecule has 2 rings (SSSR count). The van der Waals surface area contributed by atoms with Gasteiger partial charge in [-0.2, -0.15) is 0 Å². The van der Waals surface area contributed by atoms with E-state index in [1.807, 2.05) is 39.1 Å². The van der Waals surface area contributed by atoms with Gasteiger partial charge in [-0.1, -0.05) is 31.0 Å². The minimum absolute atomic E-state index is 0.101. The van der Waals surface area contributed by atoms with Crippen molar-refractivity contribution in [1.82, 2.24) is 9.97 Å². The molecule has 1 aromatic carbocycles. The third kappa shape index (κ3) is 3.98. The Morgan fingerprint density at radius 2 is 2.04 bits per heavy atom. The third-order valence-corrected chi connectivity index (χ3v) is 3.83. The molecule has 7 nitrogen and oxygen atoms in total. The van der Waals surface area contributed by atoms with Crippen molar-refractivity contribution in [3.63, 3.8) is 0 Å². The third-order valence-electron chi connectivity index (χ3n) is 3.83. The highest BCUT2D eigenvalue weighted by Crippen LogP contribution is 2.33. The van der Waals surface area contributed by atoms with Gasteiger partial charge in [-0.3, -0.25) is 10.1 Å². The molecule has 1 heterocycles. The van der Waals surface area contributed by atoms with Crippen LogP contribution in [0.4, 0.5) is 23.0 Å². The standard InChI is InChI=1S/C17H23N5O2/c1-5-6-9-21(4)17-15(22(23)24)16(18-11-19-17)20-14-8-7-12(2)10-13(14)3/h7-8,10-11H,5-6,9H2,1-4H3,(H,18,19,20). The molecule has 0 spiro atoms. The molecule has 2 aromatic rings. The molecule has 0 saturated heterocycles. The molecule has 0 radical (unpaired) electrons. The zero-order chi connectivity index (χ0) is 17.7. The SMILES string of the molecule is CCCCN(C)c1ncnc(Nc2ccc(C)cc2C)c1[N+](=O)[O-]. The second kappa shape index (κ2) is 7.72. The number of aryl methyl sites for hydroxylation is 2. The molecule has 24 heavy (non-hydrogen) atoms. The second-order valence-electron chi connectivity index (χ2n) is 5.87. The summed E-state index contributed by atoms with van der Waals surface area (Å²) in [5.74, 6) is 0.538. The van der Waals surface area contributed by atoms with Crippen molar-refractivity contribution in [1.29, 1.82) is 0 Å². The largest absolute Gasteiger partial charge is 0.354 e. The summed E-state index contributed by atoms with van der Waals surface area (Å²) in [4.78, 5) is 21.2. The van der Waals surface area contributed by atoms with Crippen LogP contribution in [0.3, 0.4) is 0 Å². The molecule has 0 aliphatic rings. The van der Waals surface area contributed by atoms with E-state index in [1.165, 1.54) is 6.33 Å². The van der Waals surface area contributed by atoms with E-state index in [0.29, 0.717) is 12.4 Å². The summed E-state index contributed by atoms with van der Waals surface area (Å²) in [7, 11) is 1.81. The summed E-state index contributed by atoms with van der Waals surface area (Å²) in [5.41, 5.74) is 2.83. The fraction of sp³-hybridized carbons (Fsp3) is 0.412. The molecule has 1 aromatic heterocycles. The molecule has 0 saturated carbocycles. The van der Waals surface area contributed by atoms with Crippen molar-refractivity contribution in [2.24, 2.45) is 0 Å². The van der Waals surface area contributed by atoms with Crippen LogP contribution in [0.5, 0.6) is 0 Å². The van der Waals surface area contributed by atoms with E-state index in [4.69, 9.17) is 0 Å². The lowest BCUT2D eigenvalue weighted by molar-refractivity contribution is -0.383. The molecule has 0 amide bonds. The van der Waals surface area contributed by atoms with Gasteiger partial charge in [0.1, 0.15) is 6.33 Å². The summed E-state index contributed by atoms with van der Waals surface area (Å²) in [6.07, 6.45) is 3.31. The highest BCUT2D eigenvalue weighted by atomic mass is 16.6. The van der Waals surface area contributed by atoms with Gasteiger partial charge in [0.2, 0.25) is 11.6 Å². The Morgan fingerprint density at radius 3 is 2.67 bits per heavy atom. The number of rotatable bonds is 7. The van der Waals surface area contributed by atoms with Crippen LogP contribution in [0.25, 0.3) is 0 Å². The van der Waals surface area contributed by atoms with Gasteiger partial charge in [0.25, 0.3) is 0 Å². The van der Waals surface area contributed by atoms with Crippen molar-refractivity contribution in [2.45, 2.75) is 33.6 Å². The molecule has 0 bridgehead atoms. The van der Waals surface area contributed by atoms with E-state index in [9.17, 15) is 10.1 Å². The minimum atomic E-state index is -0.427. The van der Waals surface area contributed by atoms with Crippen molar-refractivity contribution in [2.75, 3.05) is 23.8 Å². The van der Waals surface area contributed by atoms with Gasteiger partial charge in [0.05, 0.1) is 4.92 Å². The molecular weight excluding hydrogens is 306 g/mol. The van der Waals surface area contributed by atoms with Crippen LogP contribution in [-0.4, -0.2) is 28.5 Å². The summed E-state index contributed by atoms with van der Waals surface area (Å²) in [5, 5.41) is 14.7. The van der Waals surface area contributed by atoms with E-state index in [0.717, 1.165) is 29.7 Å². The fourth-order valence-electron chi connectivity index (χ4n) is 2.49. The predicted molar refractivity (Wildman–Crippen MR) is 96.1 cm³/mol. The van der Waals surface area contributed by atoms with E-state index in [1.54, 1.807) is 4.90 Å². The number of nitrogens with one attached hydrogen (secondary N) is 1. The molecule has 1 N–H and O–H groups in total. The van der Waals surface area contributed by atoms with Crippen LogP contribution >= 0.6 is 0 Å². The lowest BCUT2D eigenvalue weighted by Crippen LogP contribution is -2.21. The first-order valence-electron chi connectivity index (χ1n) is 7.98. The molecule has 0 aliphatic heterocycles. The van der Waals surface area contributed by atoms with Gasteiger partial charge in [-0.15, -0.1) is 0 Å². The first kappa shape index (κ1) is 17.7. The Balaban J connectivity index is 2.41. The predicted octanol–water partition coefficient (Wildman–Crippen LogP) is 3.98. The van der Waals surface area contributed by atoms with Gasteiger partial charge in [0, 0.05) is 19.3 Å². The van der Waals surface area contributed by atoms with Crippen molar-refractivity contribution in [3.8, 4) is 0 Å². The van der Waals surface area contributed by atoms with E-state index in [-0.39, 0.29) is 11.5 Å². The van der Waals surface area contributed by atoms with Crippen molar-refractivity contribution in [3.05, 3.63) is 45.8 Å². The van der Waals surface area contributed by atoms with E-state index >= 15 is 0 Å². The Hall–Kier alpha value is -2.70. The van der Waals surface area contributed by atoms with Crippen LogP contribution < -0.4 is 10.2 Å². The van der Waals surface area contributed by atoms with Gasteiger partial charge in [-0.25, -0.2) is 9.97 Å². The summed E-state index contributed by atoms with van der Waals surface area (Å²) >= 11 is 0. The summed E-state index contributed by atoms with van der Waals surface area (Å²) in [6, 6.07) is 5.87. The minimum Gasteiger partial charge on any atom is -0.354 e. The Morgan fingerprint density at radius 1 is 1.29 bits per heavy atom. The first-order chi connectivity index (χ1) is 11.4. The van der Waals surface area contributed by atoms with Crippen molar-refractivity contribution < 1.29 is 4.92 Å². The molecule has 128 valence electrons. The number of nitrogens with zero attached hydrogens (tertiary/aromatic N) is 4. The highest BCUT2D eigenvalue weighted by Gasteiger charge is 2.25. The maximum Gasteiger partial charge on any atom is 0.353 e. The zero-order valence-corrected chi connectivity index (χ0v) is 14.5. The van der Waals surface area contributed by atoms with Crippen molar-refractivity contribution >= 4 is 23.0 Å². The fourth-order valence-corrected chi connectivity index (χ4v) is 2.49.